The maximum absolute atomic E-state index is 12.4. The summed E-state index contributed by atoms with van der Waals surface area (Å²) in [6.07, 6.45) is 12.3. The molecule has 1 amide bonds. The van der Waals surface area contributed by atoms with Gasteiger partial charge in [-0.25, -0.2) is 9.78 Å². The van der Waals surface area contributed by atoms with Crippen molar-refractivity contribution in [2.75, 3.05) is 50.9 Å². The Bertz CT molecular complexity index is 1110. The monoisotopic (exact) mass is 526 g/mol. The SMILES string of the molecule is CC(C)(C)OC(=O)N1CC=C(c2ccn3c(N4CCC(OCCOC5CCCCO5)CC4)cnc3c2)CC1. The lowest BCUT2D eigenvalue weighted by atomic mass is 10.0. The van der Waals surface area contributed by atoms with Gasteiger partial charge in [0, 0.05) is 39.0 Å². The molecule has 38 heavy (non-hydrogen) atoms. The third kappa shape index (κ3) is 6.87. The van der Waals surface area contributed by atoms with E-state index in [-0.39, 0.29) is 18.5 Å². The number of hydrogen-bond donors (Lipinski definition) is 0. The van der Waals surface area contributed by atoms with Gasteiger partial charge in [-0.05, 0) is 82.6 Å². The average molecular weight is 527 g/mol. The number of imidazole rings is 1. The van der Waals surface area contributed by atoms with E-state index < -0.39 is 5.60 Å². The van der Waals surface area contributed by atoms with E-state index in [1.54, 1.807) is 4.90 Å². The molecule has 9 nitrogen and oxygen atoms in total. The van der Waals surface area contributed by atoms with Crippen LogP contribution in [-0.4, -0.2) is 84.4 Å². The molecule has 2 saturated heterocycles. The normalized spacial score (nSPS) is 21.6. The zero-order valence-corrected chi connectivity index (χ0v) is 23.1. The number of amides is 1. The lowest BCUT2D eigenvalue weighted by Gasteiger charge is -2.33. The number of pyridine rings is 1. The highest BCUT2D eigenvalue weighted by atomic mass is 16.7. The first-order chi connectivity index (χ1) is 18.4. The topological polar surface area (TPSA) is 77.8 Å². The Labute approximate surface area is 225 Å². The molecular formula is C29H42N4O5. The number of aromatic nitrogens is 2. The Kier molecular flexibility index (Phi) is 8.55. The summed E-state index contributed by atoms with van der Waals surface area (Å²) in [5.74, 6) is 1.12. The number of ether oxygens (including phenoxy) is 4. The van der Waals surface area contributed by atoms with Gasteiger partial charge in [0.15, 0.2) is 6.29 Å². The van der Waals surface area contributed by atoms with Gasteiger partial charge in [-0.1, -0.05) is 6.08 Å². The van der Waals surface area contributed by atoms with Crippen LogP contribution in [0.5, 0.6) is 0 Å². The van der Waals surface area contributed by atoms with Crippen LogP contribution in [0, 0.1) is 0 Å². The Morgan fingerprint density at radius 2 is 1.92 bits per heavy atom. The second-order valence-corrected chi connectivity index (χ2v) is 11.4. The molecule has 2 aromatic rings. The van der Waals surface area contributed by atoms with Crippen molar-refractivity contribution in [1.82, 2.24) is 14.3 Å². The van der Waals surface area contributed by atoms with Crippen molar-refractivity contribution in [2.45, 2.75) is 77.3 Å². The number of rotatable bonds is 7. The van der Waals surface area contributed by atoms with Crippen molar-refractivity contribution < 1.29 is 23.7 Å². The van der Waals surface area contributed by atoms with Gasteiger partial charge >= 0.3 is 6.09 Å². The van der Waals surface area contributed by atoms with E-state index in [1.165, 1.54) is 12.0 Å². The Morgan fingerprint density at radius 1 is 1.11 bits per heavy atom. The third-order valence-corrected chi connectivity index (χ3v) is 7.37. The number of hydrogen-bond acceptors (Lipinski definition) is 7. The highest BCUT2D eigenvalue weighted by Gasteiger charge is 2.25. The van der Waals surface area contributed by atoms with Crippen molar-refractivity contribution >= 4 is 23.1 Å². The molecule has 0 bridgehead atoms. The molecule has 0 aromatic carbocycles. The van der Waals surface area contributed by atoms with Gasteiger partial charge in [-0.15, -0.1) is 0 Å². The molecule has 1 atom stereocenters. The smallest absolute Gasteiger partial charge is 0.410 e. The molecule has 0 spiro atoms. The highest BCUT2D eigenvalue weighted by molar-refractivity contribution is 5.74. The first-order valence-corrected chi connectivity index (χ1v) is 14.1. The number of piperidine rings is 1. The molecule has 5 rings (SSSR count). The summed E-state index contributed by atoms with van der Waals surface area (Å²) in [5.41, 5.74) is 2.86. The summed E-state index contributed by atoms with van der Waals surface area (Å²) in [6.45, 7) is 10.8. The molecule has 0 aliphatic carbocycles. The van der Waals surface area contributed by atoms with Gasteiger partial charge in [-0.3, -0.25) is 4.40 Å². The fourth-order valence-electron chi connectivity index (χ4n) is 5.31. The van der Waals surface area contributed by atoms with Crippen LogP contribution < -0.4 is 4.90 Å². The molecule has 0 radical (unpaired) electrons. The summed E-state index contributed by atoms with van der Waals surface area (Å²) < 4.78 is 25.2. The van der Waals surface area contributed by atoms with Crippen molar-refractivity contribution in [3.63, 3.8) is 0 Å². The largest absolute Gasteiger partial charge is 0.444 e. The molecule has 2 fully saturated rings. The lowest BCUT2D eigenvalue weighted by molar-refractivity contribution is -0.171. The number of fused-ring (bicyclic) bond motifs is 1. The van der Waals surface area contributed by atoms with Crippen molar-refractivity contribution in [2.24, 2.45) is 0 Å². The molecule has 3 aliphatic heterocycles. The van der Waals surface area contributed by atoms with Gasteiger partial charge < -0.3 is 28.7 Å². The van der Waals surface area contributed by atoms with Crippen LogP contribution in [0.1, 0.15) is 64.9 Å². The van der Waals surface area contributed by atoms with Crippen molar-refractivity contribution in [1.29, 1.82) is 0 Å². The second kappa shape index (κ2) is 12.1. The Hall–Kier alpha value is -2.62. The lowest BCUT2D eigenvalue weighted by Crippen LogP contribution is -2.39. The van der Waals surface area contributed by atoms with Gasteiger partial charge in [-0.2, -0.15) is 0 Å². The van der Waals surface area contributed by atoms with Crippen molar-refractivity contribution in [3.8, 4) is 0 Å². The predicted molar refractivity (Wildman–Crippen MR) is 146 cm³/mol. The summed E-state index contributed by atoms with van der Waals surface area (Å²) in [7, 11) is 0. The molecule has 208 valence electrons. The molecule has 5 heterocycles. The van der Waals surface area contributed by atoms with E-state index in [1.807, 2.05) is 27.0 Å². The third-order valence-electron chi connectivity index (χ3n) is 7.37. The van der Waals surface area contributed by atoms with Crippen LogP contribution in [0.15, 0.2) is 30.6 Å². The number of carbonyl (C=O) groups excluding carboxylic acids is 1. The first kappa shape index (κ1) is 27.0. The second-order valence-electron chi connectivity index (χ2n) is 11.4. The van der Waals surface area contributed by atoms with E-state index in [4.69, 9.17) is 23.9 Å². The maximum Gasteiger partial charge on any atom is 0.410 e. The predicted octanol–water partition coefficient (Wildman–Crippen LogP) is 4.89. The molecular weight excluding hydrogens is 484 g/mol. The van der Waals surface area contributed by atoms with E-state index in [0.29, 0.717) is 26.3 Å². The fraction of sp³-hybridized carbons (Fsp3) is 0.655. The Morgan fingerprint density at radius 3 is 2.63 bits per heavy atom. The summed E-state index contributed by atoms with van der Waals surface area (Å²) in [5, 5.41) is 0. The maximum atomic E-state index is 12.4. The molecule has 0 saturated carbocycles. The van der Waals surface area contributed by atoms with Crippen molar-refractivity contribution in [3.05, 3.63) is 36.2 Å². The minimum atomic E-state index is -0.480. The van der Waals surface area contributed by atoms with E-state index in [9.17, 15) is 4.79 Å². The van der Waals surface area contributed by atoms with Crippen LogP contribution in [0.25, 0.3) is 11.2 Å². The number of nitrogens with zero attached hydrogens (tertiary/aromatic N) is 4. The molecule has 9 heteroatoms. The standard InChI is InChI=1S/C29H42N4O5/c1-29(2,3)38-28(34)32-12-7-22(8-13-32)23-9-16-33-25(20-23)30-21-26(33)31-14-10-24(11-15-31)35-18-19-37-27-6-4-5-17-36-27/h7,9,16,20-21,24,27H,4-6,8,10-15,17-19H2,1-3H3. The van der Waals surface area contributed by atoms with E-state index >= 15 is 0 Å². The molecule has 1 unspecified atom stereocenters. The van der Waals surface area contributed by atoms with Crippen LogP contribution in [0.2, 0.25) is 0 Å². The summed E-state index contributed by atoms with van der Waals surface area (Å²) >= 11 is 0. The average Bonchev–Trinajstić information content (AvgIpc) is 3.35. The zero-order valence-electron chi connectivity index (χ0n) is 23.1. The molecule has 2 aromatic heterocycles. The minimum absolute atomic E-state index is 0.0498. The fourth-order valence-corrected chi connectivity index (χ4v) is 5.31. The Balaban J connectivity index is 1.11. The van der Waals surface area contributed by atoms with E-state index in [0.717, 1.165) is 68.8 Å². The van der Waals surface area contributed by atoms with Crippen LogP contribution in [0.3, 0.4) is 0 Å². The number of anilines is 1. The van der Waals surface area contributed by atoms with Gasteiger partial charge in [0.2, 0.25) is 0 Å². The summed E-state index contributed by atoms with van der Waals surface area (Å²) in [6, 6.07) is 4.30. The minimum Gasteiger partial charge on any atom is -0.444 e. The van der Waals surface area contributed by atoms with Gasteiger partial charge in [0.05, 0.1) is 25.5 Å². The van der Waals surface area contributed by atoms with Crippen LogP contribution in [0.4, 0.5) is 10.6 Å². The molecule has 3 aliphatic rings. The summed E-state index contributed by atoms with van der Waals surface area (Å²) in [4.78, 5) is 21.2. The first-order valence-electron chi connectivity index (χ1n) is 14.1. The van der Waals surface area contributed by atoms with E-state index in [2.05, 4.69) is 33.7 Å². The van der Waals surface area contributed by atoms with Crippen LogP contribution in [-0.2, 0) is 18.9 Å². The number of carbonyl (C=O) groups is 1. The highest BCUT2D eigenvalue weighted by Crippen LogP contribution is 2.27. The van der Waals surface area contributed by atoms with Gasteiger partial charge in [0.25, 0.3) is 0 Å². The molecule has 0 N–H and O–H groups in total. The zero-order chi connectivity index (χ0) is 26.5. The van der Waals surface area contributed by atoms with Crippen LogP contribution >= 0.6 is 0 Å². The quantitative estimate of drug-likeness (QED) is 0.476. The van der Waals surface area contributed by atoms with Gasteiger partial charge in [0.1, 0.15) is 17.1 Å².